The van der Waals surface area contributed by atoms with E-state index in [1.54, 1.807) is 13.0 Å². The Morgan fingerprint density at radius 2 is 2.15 bits per heavy atom. The minimum atomic E-state index is -0.258. The van der Waals surface area contributed by atoms with E-state index in [0.29, 0.717) is 42.6 Å². The smallest absolute Gasteiger partial charge is 0.307 e. The van der Waals surface area contributed by atoms with Crippen molar-refractivity contribution in [3.8, 4) is 11.5 Å². The molecule has 27 heavy (non-hydrogen) atoms. The highest BCUT2D eigenvalue weighted by Crippen LogP contribution is 2.36. The highest BCUT2D eigenvalue weighted by atomic mass is 35.5. The number of rotatable bonds is 9. The van der Waals surface area contributed by atoms with Crippen LogP contribution in [0, 0.1) is 0 Å². The van der Waals surface area contributed by atoms with Gasteiger partial charge in [0.25, 0.3) is 0 Å². The zero-order valence-corrected chi connectivity index (χ0v) is 16.2. The highest BCUT2D eigenvalue weighted by molar-refractivity contribution is 6.31. The third-order valence-electron chi connectivity index (χ3n) is 4.83. The number of carbonyl (C=O) groups is 2. The van der Waals surface area contributed by atoms with E-state index in [4.69, 9.17) is 25.8 Å². The second-order valence-electron chi connectivity index (χ2n) is 6.60. The minimum absolute atomic E-state index is 0.114. The molecule has 2 aliphatic heterocycles. The highest BCUT2D eigenvalue weighted by Gasteiger charge is 2.30. The molecule has 1 aromatic rings. The Kier molecular flexibility index (Phi) is 6.79. The quantitative estimate of drug-likeness (QED) is 0.510. The van der Waals surface area contributed by atoms with Crippen molar-refractivity contribution in [3.63, 3.8) is 0 Å². The number of hydrogen-bond acceptors (Lipinski definition) is 6. The molecule has 1 atom stereocenters. The summed E-state index contributed by atoms with van der Waals surface area (Å²) in [6.45, 7) is 4.15. The third-order valence-corrected chi connectivity index (χ3v) is 5.18. The lowest BCUT2D eigenvalue weighted by atomic mass is 10.1. The van der Waals surface area contributed by atoms with Gasteiger partial charge in [0.2, 0.25) is 12.7 Å². The SMILES string of the molecule is CCOC(=O)CCN1C(=O)CC[C@H]1CCNCc1cc2c(cc1Cl)OCO2. The average Bonchev–Trinajstić information content (AvgIpc) is 3.23. The summed E-state index contributed by atoms with van der Waals surface area (Å²) in [6.07, 6.45) is 2.45. The maximum absolute atomic E-state index is 12.1. The van der Waals surface area contributed by atoms with Crippen molar-refractivity contribution in [2.75, 3.05) is 26.5 Å². The Hall–Kier alpha value is -1.99. The summed E-state index contributed by atoms with van der Waals surface area (Å²) in [6, 6.07) is 3.82. The molecule has 1 aromatic carbocycles. The van der Waals surface area contributed by atoms with Crippen LogP contribution in [0.3, 0.4) is 0 Å². The van der Waals surface area contributed by atoms with E-state index in [-0.39, 0.29) is 31.1 Å². The largest absolute Gasteiger partial charge is 0.466 e. The fraction of sp³-hybridized carbons (Fsp3) is 0.579. The fourth-order valence-corrected chi connectivity index (χ4v) is 3.65. The van der Waals surface area contributed by atoms with Gasteiger partial charge in [-0.05, 0) is 37.9 Å². The maximum atomic E-state index is 12.1. The normalized spacial score (nSPS) is 18.2. The van der Waals surface area contributed by atoms with Gasteiger partial charge in [-0.15, -0.1) is 0 Å². The second-order valence-corrected chi connectivity index (χ2v) is 7.00. The van der Waals surface area contributed by atoms with E-state index in [0.717, 1.165) is 24.9 Å². The van der Waals surface area contributed by atoms with Crippen molar-refractivity contribution in [1.29, 1.82) is 0 Å². The van der Waals surface area contributed by atoms with E-state index in [1.165, 1.54) is 0 Å². The Labute approximate surface area is 163 Å². The van der Waals surface area contributed by atoms with Crippen molar-refractivity contribution in [2.24, 2.45) is 0 Å². The summed E-state index contributed by atoms with van der Waals surface area (Å²) in [5, 5.41) is 4.01. The lowest BCUT2D eigenvalue weighted by molar-refractivity contribution is -0.144. The molecule has 8 heteroatoms. The fourth-order valence-electron chi connectivity index (χ4n) is 3.43. The van der Waals surface area contributed by atoms with Gasteiger partial charge in [0.1, 0.15) is 0 Å². The number of nitrogens with zero attached hydrogens (tertiary/aromatic N) is 1. The second kappa shape index (κ2) is 9.28. The van der Waals surface area contributed by atoms with Gasteiger partial charge in [-0.1, -0.05) is 11.6 Å². The number of nitrogens with one attached hydrogen (secondary N) is 1. The number of fused-ring (bicyclic) bond motifs is 1. The van der Waals surface area contributed by atoms with E-state index in [2.05, 4.69) is 5.32 Å². The molecule has 1 N–H and O–H groups in total. The van der Waals surface area contributed by atoms with E-state index >= 15 is 0 Å². The molecule has 0 spiro atoms. The first-order valence-corrected chi connectivity index (χ1v) is 9.70. The molecule has 0 aliphatic carbocycles. The molecule has 1 fully saturated rings. The number of halogens is 1. The van der Waals surface area contributed by atoms with Crippen molar-refractivity contribution >= 4 is 23.5 Å². The lowest BCUT2D eigenvalue weighted by Crippen LogP contribution is -2.36. The van der Waals surface area contributed by atoms with Gasteiger partial charge in [-0.2, -0.15) is 0 Å². The van der Waals surface area contributed by atoms with E-state index in [9.17, 15) is 9.59 Å². The van der Waals surface area contributed by atoms with Crippen molar-refractivity contribution in [2.45, 2.75) is 45.2 Å². The number of hydrogen-bond donors (Lipinski definition) is 1. The number of likely N-dealkylation sites (tertiary alicyclic amines) is 1. The number of carbonyl (C=O) groups excluding carboxylic acids is 2. The molecule has 148 valence electrons. The zero-order chi connectivity index (χ0) is 19.2. The summed E-state index contributed by atoms with van der Waals surface area (Å²) in [7, 11) is 0. The molecule has 1 amide bonds. The van der Waals surface area contributed by atoms with Crippen molar-refractivity contribution in [1.82, 2.24) is 10.2 Å². The van der Waals surface area contributed by atoms with Crippen molar-refractivity contribution in [3.05, 3.63) is 22.7 Å². The maximum Gasteiger partial charge on any atom is 0.307 e. The standard InChI is InChI=1S/C19H25ClN2O5/c1-2-25-19(24)6-8-22-14(3-4-18(22)23)5-7-21-11-13-9-16-17(10-15(13)20)27-12-26-16/h9-10,14,21H,2-8,11-12H2,1H3/t14-/m0/s1. The molecule has 0 radical (unpaired) electrons. The van der Waals surface area contributed by atoms with Gasteiger partial charge < -0.3 is 24.4 Å². The molecule has 0 unspecified atom stereocenters. The molecular formula is C19H25ClN2O5. The topological polar surface area (TPSA) is 77.1 Å². The predicted octanol–water partition coefficient (Wildman–Crippen LogP) is 2.49. The van der Waals surface area contributed by atoms with Gasteiger partial charge in [-0.3, -0.25) is 9.59 Å². The average molecular weight is 397 g/mol. The molecule has 1 saturated heterocycles. The first-order chi connectivity index (χ1) is 13.1. The lowest BCUT2D eigenvalue weighted by Gasteiger charge is -2.24. The van der Waals surface area contributed by atoms with E-state index < -0.39 is 0 Å². The molecule has 0 aromatic heterocycles. The van der Waals surface area contributed by atoms with Crippen LogP contribution >= 0.6 is 11.6 Å². The van der Waals surface area contributed by atoms with Gasteiger partial charge >= 0.3 is 5.97 Å². The minimum Gasteiger partial charge on any atom is -0.466 e. The monoisotopic (exact) mass is 396 g/mol. The zero-order valence-electron chi connectivity index (χ0n) is 15.5. The van der Waals surface area contributed by atoms with Crippen LogP contribution in [0.5, 0.6) is 11.5 Å². The van der Waals surface area contributed by atoms with Gasteiger partial charge in [0.05, 0.1) is 13.0 Å². The van der Waals surface area contributed by atoms with Crippen LogP contribution in [0.2, 0.25) is 5.02 Å². The molecular weight excluding hydrogens is 372 g/mol. The van der Waals surface area contributed by atoms with Gasteiger partial charge in [0, 0.05) is 36.6 Å². The van der Waals surface area contributed by atoms with Crippen LogP contribution in [0.4, 0.5) is 0 Å². The van der Waals surface area contributed by atoms with Gasteiger partial charge in [0.15, 0.2) is 11.5 Å². The molecule has 0 bridgehead atoms. The third kappa shape index (κ3) is 5.05. The Morgan fingerprint density at radius 3 is 2.93 bits per heavy atom. The number of amides is 1. The molecule has 2 aliphatic rings. The van der Waals surface area contributed by atoms with E-state index in [1.807, 2.05) is 11.0 Å². The van der Waals surface area contributed by atoms with Crippen LogP contribution in [-0.4, -0.2) is 49.3 Å². The van der Waals surface area contributed by atoms with Crippen LogP contribution in [0.25, 0.3) is 0 Å². The van der Waals surface area contributed by atoms with Crippen LogP contribution in [0.15, 0.2) is 12.1 Å². The first-order valence-electron chi connectivity index (χ1n) is 9.32. The Bertz CT molecular complexity index is 697. The summed E-state index contributed by atoms with van der Waals surface area (Å²) >= 11 is 6.28. The first kappa shape index (κ1) is 19.8. The molecule has 3 rings (SSSR count). The van der Waals surface area contributed by atoms with Crippen molar-refractivity contribution < 1.29 is 23.8 Å². The number of esters is 1. The summed E-state index contributed by atoms with van der Waals surface area (Å²) in [5.74, 6) is 1.24. The predicted molar refractivity (Wildman–Crippen MR) is 99.9 cm³/mol. The van der Waals surface area contributed by atoms with Gasteiger partial charge in [-0.25, -0.2) is 0 Å². The number of ether oxygens (including phenoxy) is 3. The molecule has 7 nitrogen and oxygen atoms in total. The molecule has 2 heterocycles. The van der Waals surface area contributed by atoms with Crippen LogP contribution < -0.4 is 14.8 Å². The molecule has 0 saturated carbocycles. The summed E-state index contributed by atoms with van der Waals surface area (Å²) in [5.41, 5.74) is 0.947. The van der Waals surface area contributed by atoms with Crippen LogP contribution in [0.1, 0.15) is 38.2 Å². The Morgan fingerprint density at radius 1 is 1.37 bits per heavy atom. The van der Waals surface area contributed by atoms with Crippen LogP contribution in [-0.2, 0) is 20.9 Å². The number of benzene rings is 1. The summed E-state index contributed by atoms with van der Waals surface area (Å²) < 4.78 is 15.6. The Balaban J connectivity index is 1.44. The summed E-state index contributed by atoms with van der Waals surface area (Å²) in [4.78, 5) is 25.4.